The maximum Gasteiger partial charge on any atom is 0.191 e. The van der Waals surface area contributed by atoms with Crippen molar-refractivity contribution in [2.24, 2.45) is 10.7 Å². The van der Waals surface area contributed by atoms with Crippen LogP contribution >= 0.6 is 11.8 Å². The Labute approximate surface area is 135 Å². The average molecular weight is 312 g/mol. The van der Waals surface area contributed by atoms with E-state index in [9.17, 15) is 0 Å². The van der Waals surface area contributed by atoms with Crippen LogP contribution in [0.25, 0.3) is 11.1 Å². The van der Waals surface area contributed by atoms with Crippen LogP contribution in [0.1, 0.15) is 5.56 Å². The van der Waals surface area contributed by atoms with E-state index >= 15 is 0 Å². The number of aromatic nitrogens is 1. The molecule has 0 spiro atoms. The van der Waals surface area contributed by atoms with Crippen molar-refractivity contribution >= 4 is 17.7 Å². The molecule has 1 aromatic heterocycles. The second-order valence-electron chi connectivity index (χ2n) is 5.22. The molecular formula is C17H20N4S. The molecule has 2 heterocycles. The SMILES string of the molecule is NC(=NCc1cccc(-c2cccnc2)c1)N1CCSCC1. The van der Waals surface area contributed by atoms with Gasteiger partial charge >= 0.3 is 0 Å². The Morgan fingerprint density at radius 1 is 1.18 bits per heavy atom. The highest BCUT2D eigenvalue weighted by atomic mass is 32.2. The van der Waals surface area contributed by atoms with Gasteiger partial charge in [-0.3, -0.25) is 4.98 Å². The summed E-state index contributed by atoms with van der Waals surface area (Å²) in [7, 11) is 0. The van der Waals surface area contributed by atoms with E-state index in [4.69, 9.17) is 5.73 Å². The molecule has 1 aliphatic rings. The van der Waals surface area contributed by atoms with Gasteiger partial charge in [-0.05, 0) is 28.8 Å². The van der Waals surface area contributed by atoms with E-state index in [1.54, 1.807) is 6.20 Å². The first-order valence-corrected chi connectivity index (χ1v) is 8.60. The molecule has 4 nitrogen and oxygen atoms in total. The lowest BCUT2D eigenvalue weighted by Crippen LogP contribution is -2.42. The molecule has 0 radical (unpaired) electrons. The van der Waals surface area contributed by atoms with Crippen LogP contribution in [0, 0.1) is 0 Å². The largest absolute Gasteiger partial charge is 0.370 e. The number of thioether (sulfide) groups is 1. The van der Waals surface area contributed by atoms with Crippen LogP contribution in [0.4, 0.5) is 0 Å². The van der Waals surface area contributed by atoms with Crippen molar-refractivity contribution in [2.45, 2.75) is 6.54 Å². The minimum absolute atomic E-state index is 0.615. The van der Waals surface area contributed by atoms with Gasteiger partial charge in [0.25, 0.3) is 0 Å². The molecule has 0 unspecified atom stereocenters. The third kappa shape index (κ3) is 3.80. The van der Waals surface area contributed by atoms with Gasteiger partial charge in [0.1, 0.15) is 0 Å². The van der Waals surface area contributed by atoms with E-state index in [0.717, 1.165) is 41.3 Å². The minimum Gasteiger partial charge on any atom is -0.370 e. The van der Waals surface area contributed by atoms with Crippen molar-refractivity contribution in [3.63, 3.8) is 0 Å². The van der Waals surface area contributed by atoms with E-state index in [2.05, 4.69) is 45.2 Å². The van der Waals surface area contributed by atoms with Crippen LogP contribution in [0.2, 0.25) is 0 Å². The summed E-state index contributed by atoms with van der Waals surface area (Å²) in [6.07, 6.45) is 3.66. The molecule has 114 valence electrons. The molecule has 1 aliphatic heterocycles. The van der Waals surface area contributed by atoms with Crippen LogP contribution in [0.15, 0.2) is 53.8 Å². The fraction of sp³-hybridized carbons (Fsp3) is 0.294. The van der Waals surface area contributed by atoms with Gasteiger partial charge in [-0.15, -0.1) is 0 Å². The third-order valence-corrected chi connectivity index (χ3v) is 4.62. The second-order valence-corrected chi connectivity index (χ2v) is 6.44. The number of pyridine rings is 1. The minimum atomic E-state index is 0.615. The molecule has 1 saturated heterocycles. The van der Waals surface area contributed by atoms with Gasteiger partial charge in [0, 0.05) is 37.0 Å². The normalized spacial score (nSPS) is 15.8. The van der Waals surface area contributed by atoms with Crippen molar-refractivity contribution in [1.29, 1.82) is 0 Å². The molecule has 0 amide bonds. The fourth-order valence-electron chi connectivity index (χ4n) is 2.45. The van der Waals surface area contributed by atoms with Crippen LogP contribution in [-0.2, 0) is 6.54 Å². The van der Waals surface area contributed by atoms with Crippen molar-refractivity contribution in [2.75, 3.05) is 24.6 Å². The first kappa shape index (κ1) is 14.9. The number of hydrogen-bond acceptors (Lipinski definition) is 3. The lowest BCUT2D eigenvalue weighted by molar-refractivity contribution is 0.455. The summed E-state index contributed by atoms with van der Waals surface area (Å²) >= 11 is 1.97. The summed E-state index contributed by atoms with van der Waals surface area (Å²) in [5.41, 5.74) is 9.55. The van der Waals surface area contributed by atoms with E-state index < -0.39 is 0 Å². The zero-order valence-electron chi connectivity index (χ0n) is 12.5. The van der Waals surface area contributed by atoms with Gasteiger partial charge in [-0.2, -0.15) is 11.8 Å². The number of benzene rings is 1. The standard InChI is InChI=1S/C17H20N4S/c18-17(21-7-9-22-10-8-21)20-12-14-3-1-4-15(11-14)16-5-2-6-19-13-16/h1-6,11,13H,7-10,12H2,(H2,18,20). The van der Waals surface area contributed by atoms with Gasteiger partial charge in [-0.25, -0.2) is 4.99 Å². The van der Waals surface area contributed by atoms with E-state index in [1.807, 2.05) is 24.0 Å². The number of hydrogen-bond donors (Lipinski definition) is 1. The molecule has 2 aromatic rings. The quantitative estimate of drug-likeness (QED) is 0.699. The zero-order valence-corrected chi connectivity index (χ0v) is 13.3. The summed E-state index contributed by atoms with van der Waals surface area (Å²) in [5.74, 6) is 2.92. The second kappa shape index (κ2) is 7.31. The predicted octanol–water partition coefficient (Wildman–Crippen LogP) is 2.61. The van der Waals surface area contributed by atoms with E-state index in [0.29, 0.717) is 12.5 Å². The van der Waals surface area contributed by atoms with E-state index in [-0.39, 0.29) is 0 Å². The van der Waals surface area contributed by atoms with Crippen LogP contribution in [-0.4, -0.2) is 40.4 Å². The Hall–Kier alpha value is -2.01. The van der Waals surface area contributed by atoms with Crippen molar-refractivity contribution in [3.05, 3.63) is 54.4 Å². The molecule has 0 saturated carbocycles. The topological polar surface area (TPSA) is 54.5 Å². The maximum atomic E-state index is 6.10. The summed E-state index contributed by atoms with van der Waals surface area (Å²) in [4.78, 5) is 10.9. The molecule has 2 N–H and O–H groups in total. The first-order valence-electron chi connectivity index (χ1n) is 7.45. The lowest BCUT2D eigenvalue weighted by atomic mass is 10.1. The molecule has 0 bridgehead atoms. The Kier molecular flexibility index (Phi) is 4.96. The van der Waals surface area contributed by atoms with Gasteiger partial charge in [0.2, 0.25) is 0 Å². The average Bonchev–Trinajstić information content (AvgIpc) is 2.61. The number of aliphatic imine (C=N–C) groups is 1. The monoisotopic (exact) mass is 312 g/mol. The molecule has 0 atom stereocenters. The van der Waals surface area contributed by atoms with Gasteiger partial charge in [0.15, 0.2) is 5.96 Å². The summed E-state index contributed by atoms with van der Waals surface area (Å²) < 4.78 is 0. The van der Waals surface area contributed by atoms with Crippen molar-refractivity contribution in [3.8, 4) is 11.1 Å². The zero-order chi connectivity index (χ0) is 15.2. The summed E-state index contributed by atoms with van der Waals surface area (Å²) in [5, 5.41) is 0. The smallest absolute Gasteiger partial charge is 0.191 e. The van der Waals surface area contributed by atoms with Gasteiger partial charge in [-0.1, -0.05) is 24.3 Å². The van der Waals surface area contributed by atoms with Crippen molar-refractivity contribution in [1.82, 2.24) is 9.88 Å². The van der Waals surface area contributed by atoms with Crippen LogP contribution in [0.3, 0.4) is 0 Å². The molecule has 1 fully saturated rings. The van der Waals surface area contributed by atoms with E-state index in [1.165, 1.54) is 0 Å². The number of nitrogens with two attached hydrogens (primary N) is 1. The Balaban J connectivity index is 1.70. The lowest BCUT2D eigenvalue weighted by Gasteiger charge is -2.27. The number of nitrogens with zero attached hydrogens (tertiary/aromatic N) is 3. The molecule has 22 heavy (non-hydrogen) atoms. The number of rotatable bonds is 3. The van der Waals surface area contributed by atoms with Crippen LogP contribution < -0.4 is 5.73 Å². The molecule has 5 heteroatoms. The van der Waals surface area contributed by atoms with Gasteiger partial charge < -0.3 is 10.6 Å². The fourth-order valence-corrected chi connectivity index (χ4v) is 3.35. The summed E-state index contributed by atoms with van der Waals surface area (Å²) in [6, 6.07) is 12.4. The Morgan fingerprint density at radius 3 is 2.77 bits per heavy atom. The molecule has 1 aromatic carbocycles. The van der Waals surface area contributed by atoms with Crippen LogP contribution in [0.5, 0.6) is 0 Å². The predicted molar refractivity (Wildman–Crippen MR) is 93.9 cm³/mol. The number of guanidine groups is 1. The van der Waals surface area contributed by atoms with Crippen molar-refractivity contribution < 1.29 is 0 Å². The molecule has 3 rings (SSSR count). The Bertz CT molecular complexity index is 636. The molecular weight excluding hydrogens is 292 g/mol. The first-order chi connectivity index (χ1) is 10.8. The maximum absolute atomic E-state index is 6.10. The summed E-state index contributed by atoms with van der Waals surface area (Å²) in [6.45, 7) is 2.61. The highest BCUT2D eigenvalue weighted by Gasteiger charge is 2.11. The highest BCUT2D eigenvalue weighted by Crippen LogP contribution is 2.19. The Morgan fingerprint density at radius 2 is 2.00 bits per heavy atom. The highest BCUT2D eigenvalue weighted by molar-refractivity contribution is 7.99. The van der Waals surface area contributed by atoms with Gasteiger partial charge in [0.05, 0.1) is 6.54 Å². The third-order valence-electron chi connectivity index (χ3n) is 3.68. The molecule has 0 aliphatic carbocycles.